The van der Waals surface area contributed by atoms with Crippen molar-refractivity contribution in [2.45, 2.75) is 12.1 Å². The summed E-state index contributed by atoms with van der Waals surface area (Å²) in [5.41, 5.74) is -4.31. The minimum absolute atomic E-state index is 0.946. The molecule has 0 aliphatic rings. The molecule has 1 heterocycles. The SMILES string of the molecule is O=S(=O)([O-])C(F)(F)F.c1ccc(C[n+]2ccccc2)cc1. The molecule has 8 heteroatoms. The molecule has 2 aromatic rings. The summed E-state index contributed by atoms with van der Waals surface area (Å²) in [5, 5.41) is 0. The lowest BCUT2D eigenvalue weighted by Crippen LogP contribution is -2.32. The quantitative estimate of drug-likeness (QED) is 0.484. The van der Waals surface area contributed by atoms with Crippen molar-refractivity contribution in [2.75, 3.05) is 0 Å². The third kappa shape index (κ3) is 6.37. The third-order valence-corrected chi connectivity index (χ3v) is 2.84. The Morgan fingerprint density at radius 3 is 1.81 bits per heavy atom. The van der Waals surface area contributed by atoms with Gasteiger partial charge in [-0.25, -0.2) is 13.0 Å². The lowest BCUT2D eigenvalue weighted by molar-refractivity contribution is -0.688. The zero-order chi connectivity index (χ0) is 15.9. The number of benzene rings is 1. The summed E-state index contributed by atoms with van der Waals surface area (Å²) in [7, 11) is -6.09. The Bertz CT molecular complexity index is 606. The van der Waals surface area contributed by atoms with Gasteiger partial charge in [0, 0.05) is 17.7 Å². The summed E-state index contributed by atoms with van der Waals surface area (Å²) >= 11 is 0. The first-order valence-electron chi connectivity index (χ1n) is 5.70. The first-order valence-corrected chi connectivity index (χ1v) is 7.11. The maximum Gasteiger partial charge on any atom is 0.485 e. The molecule has 21 heavy (non-hydrogen) atoms. The molecule has 4 nitrogen and oxygen atoms in total. The number of aromatic nitrogens is 1. The fraction of sp³-hybridized carbons (Fsp3) is 0.154. The molecule has 0 aliphatic heterocycles. The molecule has 0 aliphatic carbocycles. The van der Waals surface area contributed by atoms with Crippen LogP contribution < -0.4 is 4.57 Å². The molecule has 0 N–H and O–H groups in total. The van der Waals surface area contributed by atoms with Crippen LogP contribution in [0.25, 0.3) is 0 Å². The van der Waals surface area contributed by atoms with Gasteiger partial charge in [-0.05, 0) is 0 Å². The highest BCUT2D eigenvalue weighted by molar-refractivity contribution is 7.86. The van der Waals surface area contributed by atoms with Crippen LogP contribution in [0.2, 0.25) is 0 Å². The zero-order valence-electron chi connectivity index (χ0n) is 10.7. The molecule has 114 valence electrons. The molecule has 1 aromatic carbocycles. The molecule has 0 saturated heterocycles. The molecule has 1 aromatic heterocycles. The first kappa shape index (κ1) is 17.1. The minimum Gasteiger partial charge on any atom is -0.741 e. The number of hydrogen-bond donors (Lipinski definition) is 0. The van der Waals surface area contributed by atoms with E-state index in [-0.39, 0.29) is 0 Å². The first-order chi connectivity index (χ1) is 9.70. The highest BCUT2D eigenvalue weighted by Gasteiger charge is 2.36. The predicted octanol–water partition coefficient (Wildman–Crippen LogP) is 2.07. The van der Waals surface area contributed by atoms with Gasteiger partial charge in [0.25, 0.3) is 0 Å². The maximum atomic E-state index is 10.7. The topological polar surface area (TPSA) is 61.1 Å². The van der Waals surface area contributed by atoms with E-state index < -0.39 is 15.6 Å². The summed E-state index contributed by atoms with van der Waals surface area (Å²) in [6.07, 6.45) is 4.15. The van der Waals surface area contributed by atoms with E-state index in [2.05, 4.69) is 41.2 Å². The van der Waals surface area contributed by atoms with Crippen LogP contribution in [0, 0.1) is 0 Å². The number of halogens is 3. The summed E-state index contributed by atoms with van der Waals surface area (Å²) in [5.74, 6) is 0. The van der Waals surface area contributed by atoms with Crippen LogP contribution >= 0.6 is 0 Å². The normalized spacial score (nSPS) is 11.4. The van der Waals surface area contributed by atoms with Crippen molar-refractivity contribution in [3.63, 3.8) is 0 Å². The molecule has 0 amide bonds. The van der Waals surface area contributed by atoms with Crippen molar-refractivity contribution in [1.82, 2.24) is 0 Å². The Morgan fingerprint density at radius 2 is 1.38 bits per heavy atom. The van der Waals surface area contributed by atoms with E-state index in [1.54, 1.807) is 0 Å². The van der Waals surface area contributed by atoms with Crippen LogP contribution in [0.15, 0.2) is 60.9 Å². The number of nitrogens with zero attached hydrogens (tertiary/aromatic N) is 1. The van der Waals surface area contributed by atoms with Gasteiger partial charge in [0.2, 0.25) is 0 Å². The van der Waals surface area contributed by atoms with Crippen molar-refractivity contribution >= 4 is 10.1 Å². The summed E-state index contributed by atoms with van der Waals surface area (Å²) in [6.45, 7) is 0.946. The maximum absolute atomic E-state index is 10.7. The molecule has 0 spiro atoms. The van der Waals surface area contributed by atoms with E-state index >= 15 is 0 Å². The Kier molecular flexibility index (Phi) is 5.86. The van der Waals surface area contributed by atoms with Gasteiger partial charge in [-0.3, -0.25) is 0 Å². The highest BCUT2D eigenvalue weighted by Crippen LogP contribution is 2.20. The van der Waals surface area contributed by atoms with Crippen LogP contribution in [0.1, 0.15) is 5.56 Å². The van der Waals surface area contributed by atoms with E-state index in [9.17, 15) is 13.2 Å². The molecular weight excluding hydrogens is 307 g/mol. The Balaban J connectivity index is 0.000000240. The Morgan fingerprint density at radius 1 is 0.952 bits per heavy atom. The number of pyridine rings is 1. The molecule has 0 fully saturated rings. The molecule has 0 radical (unpaired) electrons. The van der Waals surface area contributed by atoms with E-state index in [1.165, 1.54) is 5.56 Å². The van der Waals surface area contributed by atoms with Crippen molar-refractivity contribution in [1.29, 1.82) is 0 Å². The van der Waals surface area contributed by atoms with Gasteiger partial charge in [-0.2, -0.15) is 13.2 Å². The van der Waals surface area contributed by atoms with Gasteiger partial charge < -0.3 is 4.55 Å². The van der Waals surface area contributed by atoms with Gasteiger partial charge in [-0.15, -0.1) is 0 Å². The second-order valence-electron chi connectivity index (χ2n) is 3.93. The number of rotatable bonds is 2. The lowest BCUT2D eigenvalue weighted by atomic mass is 10.2. The van der Waals surface area contributed by atoms with Gasteiger partial charge in [0.15, 0.2) is 29.1 Å². The van der Waals surface area contributed by atoms with Crippen LogP contribution in [0.5, 0.6) is 0 Å². The van der Waals surface area contributed by atoms with Crippen LogP contribution in [-0.4, -0.2) is 18.5 Å². The average molecular weight is 319 g/mol. The van der Waals surface area contributed by atoms with E-state index in [4.69, 9.17) is 13.0 Å². The second kappa shape index (κ2) is 7.19. The number of hydrogen-bond acceptors (Lipinski definition) is 3. The molecular formula is C13H12F3NO3S. The molecule has 0 saturated carbocycles. The van der Waals surface area contributed by atoms with Crippen molar-refractivity contribution in [2.24, 2.45) is 0 Å². The Labute approximate surface area is 120 Å². The lowest BCUT2D eigenvalue weighted by Gasteiger charge is -2.08. The van der Waals surface area contributed by atoms with Gasteiger partial charge in [0.05, 0.1) is 0 Å². The predicted molar refractivity (Wildman–Crippen MR) is 67.9 cm³/mol. The summed E-state index contributed by atoms with van der Waals surface area (Å²) in [6, 6.07) is 16.6. The average Bonchev–Trinajstić information content (AvgIpc) is 2.39. The van der Waals surface area contributed by atoms with Crippen molar-refractivity contribution < 1.29 is 30.7 Å². The van der Waals surface area contributed by atoms with Gasteiger partial charge in [0.1, 0.15) is 0 Å². The van der Waals surface area contributed by atoms with E-state index in [0.29, 0.717) is 0 Å². The van der Waals surface area contributed by atoms with Crippen LogP contribution in [0.4, 0.5) is 13.2 Å². The smallest absolute Gasteiger partial charge is 0.485 e. The van der Waals surface area contributed by atoms with Crippen LogP contribution in [0.3, 0.4) is 0 Å². The fourth-order valence-electron chi connectivity index (χ4n) is 1.33. The summed E-state index contributed by atoms with van der Waals surface area (Å²) < 4.78 is 61.1. The van der Waals surface area contributed by atoms with E-state index in [1.807, 2.05) is 24.3 Å². The zero-order valence-corrected chi connectivity index (χ0v) is 11.5. The molecule has 0 bridgehead atoms. The van der Waals surface area contributed by atoms with E-state index in [0.717, 1.165) is 6.54 Å². The molecule has 0 unspecified atom stereocenters. The monoisotopic (exact) mass is 319 g/mol. The van der Waals surface area contributed by atoms with Gasteiger partial charge in [-0.1, -0.05) is 36.4 Å². The number of alkyl halides is 3. The molecule has 0 atom stereocenters. The Hall–Kier alpha value is -1.93. The largest absolute Gasteiger partial charge is 0.741 e. The van der Waals surface area contributed by atoms with Crippen LogP contribution in [-0.2, 0) is 16.7 Å². The fourth-order valence-corrected chi connectivity index (χ4v) is 1.33. The third-order valence-electron chi connectivity index (χ3n) is 2.27. The van der Waals surface area contributed by atoms with Crippen molar-refractivity contribution in [3.05, 3.63) is 66.5 Å². The van der Waals surface area contributed by atoms with Gasteiger partial charge >= 0.3 is 5.51 Å². The minimum atomic E-state index is -6.09. The standard InChI is InChI=1S/C12H12N.CHF3O3S/c1-3-7-12(8-4-1)11-13-9-5-2-6-10-13;2-1(3,4)8(5,6)7/h1-10H,11H2;(H,5,6,7)/q+1;/p-1. The van der Waals surface area contributed by atoms with Crippen molar-refractivity contribution in [3.8, 4) is 0 Å². The highest BCUT2D eigenvalue weighted by atomic mass is 32.2. The molecule has 2 rings (SSSR count). The second-order valence-corrected chi connectivity index (χ2v) is 5.30. The summed E-state index contributed by atoms with van der Waals surface area (Å²) in [4.78, 5) is 0.